The van der Waals surface area contributed by atoms with Crippen LogP contribution in [0, 0.1) is 0 Å². The molecule has 9 nitrogen and oxygen atoms in total. The van der Waals surface area contributed by atoms with Gasteiger partial charge in [-0.3, -0.25) is 9.48 Å². The fraction of sp³-hybridized carbons (Fsp3) is 0.231. The summed E-state index contributed by atoms with van der Waals surface area (Å²) in [6, 6.07) is 18.3. The Bertz CT molecular complexity index is 1710. The highest BCUT2D eigenvalue weighted by Crippen LogP contribution is 2.30. The molecule has 1 aliphatic rings. The third kappa shape index (κ3) is 5.44. The zero-order chi connectivity index (χ0) is 27.1. The predicted molar refractivity (Wildman–Crippen MR) is 146 cm³/mol. The van der Waals surface area contributed by atoms with E-state index in [2.05, 4.69) is 9.82 Å². The summed E-state index contributed by atoms with van der Waals surface area (Å²) >= 11 is 1.15. The van der Waals surface area contributed by atoms with E-state index in [1.807, 2.05) is 6.07 Å². The lowest BCUT2D eigenvalue weighted by Gasteiger charge is -2.17. The second kappa shape index (κ2) is 10.1. The van der Waals surface area contributed by atoms with Crippen LogP contribution in [0.4, 0.5) is 0 Å². The van der Waals surface area contributed by atoms with E-state index in [4.69, 9.17) is 0 Å². The molecule has 1 atom stereocenters. The van der Waals surface area contributed by atoms with Crippen LogP contribution in [-0.4, -0.2) is 62.8 Å². The molecular formula is C26H26N4O5S3. The number of sulfone groups is 1. The molecule has 1 aliphatic heterocycles. The minimum Gasteiger partial charge on any atom is -0.337 e. The van der Waals surface area contributed by atoms with E-state index < -0.39 is 25.9 Å². The zero-order valence-electron chi connectivity index (χ0n) is 20.7. The van der Waals surface area contributed by atoms with E-state index in [0.29, 0.717) is 35.3 Å². The number of carbonyl (C=O) groups is 1. The average Bonchev–Trinajstić information content (AvgIpc) is 3.64. The molecular weight excluding hydrogens is 545 g/mol. The van der Waals surface area contributed by atoms with Crippen molar-refractivity contribution >= 4 is 37.1 Å². The Kier molecular flexibility index (Phi) is 6.99. The first-order valence-electron chi connectivity index (χ1n) is 11.8. The van der Waals surface area contributed by atoms with Crippen LogP contribution in [0.15, 0.2) is 82.0 Å². The van der Waals surface area contributed by atoms with Gasteiger partial charge in [-0.15, -0.1) is 11.3 Å². The van der Waals surface area contributed by atoms with Crippen molar-refractivity contribution in [2.75, 3.05) is 19.3 Å². The molecule has 5 rings (SSSR count). The van der Waals surface area contributed by atoms with Gasteiger partial charge < -0.3 is 4.90 Å². The molecule has 4 aromatic rings. The van der Waals surface area contributed by atoms with Crippen molar-refractivity contribution in [2.24, 2.45) is 7.05 Å². The maximum absolute atomic E-state index is 13.1. The third-order valence-electron chi connectivity index (χ3n) is 6.34. The van der Waals surface area contributed by atoms with Crippen molar-refractivity contribution in [1.29, 1.82) is 0 Å². The predicted octanol–water partition coefficient (Wildman–Crippen LogP) is 3.41. The van der Waals surface area contributed by atoms with Gasteiger partial charge in [0.05, 0.1) is 9.77 Å². The molecule has 0 spiro atoms. The zero-order valence-corrected chi connectivity index (χ0v) is 23.2. The van der Waals surface area contributed by atoms with E-state index >= 15 is 0 Å². The van der Waals surface area contributed by atoms with Gasteiger partial charge >= 0.3 is 0 Å². The van der Waals surface area contributed by atoms with Crippen molar-refractivity contribution in [1.82, 2.24) is 19.4 Å². The molecule has 0 bridgehead atoms. The number of hydrogen-bond donors (Lipinski definition) is 1. The van der Waals surface area contributed by atoms with Gasteiger partial charge in [-0.05, 0) is 48.4 Å². The second-order valence-electron chi connectivity index (χ2n) is 9.20. The standard InChI is InChI=1S/C26H26N4O5S3/c1-29-15-14-22(27-29)23-11-12-25(36-23)38(34,35)28-20-13-16-30(17-20)26(31)19-9-7-18(8-10-19)21-5-3-4-6-24(21)37(2,32)33/h3-12,14-15,20,28H,13,16-17H2,1-2H3. The van der Waals surface area contributed by atoms with Crippen LogP contribution < -0.4 is 4.72 Å². The molecule has 198 valence electrons. The summed E-state index contributed by atoms with van der Waals surface area (Å²) in [6.07, 6.45) is 3.47. The lowest BCUT2D eigenvalue weighted by atomic mass is 10.0. The Hall–Kier alpha value is -3.32. The van der Waals surface area contributed by atoms with Crippen molar-refractivity contribution < 1.29 is 21.6 Å². The van der Waals surface area contributed by atoms with Gasteiger partial charge in [0, 0.05) is 49.8 Å². The maximum Gasteiger partial charge on any atom is 0.253 e. The number of nitrogens with zero attached hydrogens (tertiary/aromatic N) is 3. The maximum atomic E-state index is 13.1. The molecule has 1 N–H and O–H groups in total. The highest BCUT2D eigenvalue weighted by atomic mass is 32.2. The van der Waals surface area contributed by atoms with Crippen LogP contribution in [-0.2, 0) is 26.9 Å². The topological polar surface area (TPSA) is 118 Å². The van der Waals surface area contributed by atoms with Gasteiger partial charge in [-0.2, -0.15) is 5.10 Å². The molecule has 1 unspecified atom stereocenters. The van der Waals surface area contributed by atoms with Crippen molar-refractivity contribution in [2.45, 2.75) is 21.6 Å². The number of likely N-dealkylation sites (tertiary alicyclic amines) is 1. The number of benzene rings is 2. The SMILES string of the molecule is Cn1ccc(-c2ccc(S(=O)(=O)NC3CCN(C(=O)c4ccc(-c5ccccc5S(C)(=O)=O)cc4)C3)s2)n1. The summed E-state index contributed by atoms with van der Waals surface area (Å²) in [5.41, 5.74) is 2.43. The first-order valence-corrected chi connectivity index (χ1v) is 16.0. The van der Waals surface area contributed by atoms with Crippen LogP contribution in [0.5, 0.6) is 0 Å². The largest absolute Gasteiger partial charge is 0.337 e. The highest BCUT2D eigenvalue weighted by molar-refractivity contribution is 7.91. The van der Waals surface area contributed by atoms with E-state index in [9.17, 15) is 21.6 Å². The number of hydrogen-bond acceptors (Lipinski definition) is 7. The van der Waals surface area contributed by atoms with Crippen LogP contribution in [0.3, 0.4) is 0 Å². The number of aryl methyl sites for hydroxylation is 1. The first kappa shape index (κ1) is 26.3. The number of carbonyl (C=O) groups excluding carboxylic acids is 1. The Morgan fingerprint density at radius 2 is 1.74 bits per heavy atom. The number of nitrogens with one attached hydrogen (secondary N) is 1. The Balaban J connectivity index is 1.25. The van der Waals surface area contributed by atoms with E-state index in [1.54, 1.807) is 83.5 Å². The molecule has 2 aromatic carbocycles. The summed E-state index contributed by atoms with van der Waals surface area (Å²) in [7, 11) is -5.35. The smallest absolute Gasteiger partial charge is 0.253 e. The molecule has 1 fully saturated rings. The van der Waals surface area contributed by atoms with Gasteiger partial charge in [0.15, 0.2) is 9.84 Å². The van der Waals surface area contributed by atoms with Crippen LogP contribution in [0.2, 0.25) is 0 Å². The summed E-state index contributed by atoms with van der Waals surface area (Å²) < 4.78 is 54.9. The van der Waals surface area contributed by atoms with Crippen LogP contribution in [0.1, 0.15) is 16.8 Å². The number of aromatic nitrogens is 2. The lowest BCUT2D eigenvalue weighted by molar-refractivity contribution is 0.0790. The first-order chi connectivity index (χ1) is 18.0. The van der Waals surface area contributed by atoms with Gasteiger partial charge in [0.2, 0.25) is 10.0 Å². The average molecular weight is 571 g/mol. The Morgan fingerprint density at radius 1 is 1.00 bits per heavy atom. The third-order valence-corrected chi connectivity index (χ3v) is 10.6. The molecule has 0 saturated carbocycles. The molecule has 1 amide bonds. The minimum atomic E-state index is -3.74. The van der Waals surface area contributed by atoms with Crippen molar-refractivity contribution in [3.05, 3.63) is 78.5 Å². The lowest BCUT2D eigenvalue weighted by Crippen LogP contribution is -2.38. The normalized spacial score (nSPS) is 16.2. The Labute approximate surface area is 225 Å². The molecule has 0 aliphatic carbocycles. The monoisotopic (exact) mass is 570 g/mol. The van der Waals surface area contributed by atoms with Gasteiger partial charge in [0.25, 0.3) is 5.91 Å². The van der Waals surface area contributed by atoms with E-state index in [0.717, 1.165) is 16.2 Å². The van der Waals surface area contributed by atoms with Crippen LogP contribution in [0.25, 0.3) is 21.7 Å². The van der Waals surface area contributed by atoms with Crippen molar-refractivity contribution in [3.63, 3.8) is 0 Å². The van der Waals surface area contributed by atoms with E-state index in [-0.39, 0.29) is 21.6 Å². The molecule has 38 heavy (non-hydrogen) atoms. The summed E-state index contributed by atoms with van der Waals surface area (Å²) in [6.45, 7) is 0.684. The highest BCUT2D eigenvalue weighted by Gasteiger charge is 2.31. The van der Waals surface area contributed by atoms with Gasteiger partial charge in [-0.1, -0.05) is 30.3 Å². The molecule has 2 aromatic heterocycles. The van der Waals surface area contributed by atoms with Crippen LogP contribution >= 0.6 is 11.3 Å². The van der Waals surface area contributed by atoms with E-state index in [1.165, 1.54) is 6.26 Å². The number of thiophene rings is 1. The molecule has 1 saturated heterocycles. The molecule has 12 heteroatoms. The summed E-state index contributed by atoms with van der Waals surface area (Å²) in [4.78, 5) is 15.7. The quantitative estimate of drug-likeness (QED) is 0.364. The number of rotatable bonds is 7. The number of amides is 1. The van der Waals surface area contributed by atoms with Gasteiger partial charge in [-0.25, -0.2) is 21.6 Å². The fourth-order valence-electron chi connectivity index (χ4n) is 4.47. The minimum absolute atomic E-state index is 0.202. The Morgan fingerprint density at radius 3 is 2.42 bits per heavy atom. The molecule has 3 heterocycles. The summed E-state index contributed by atoms with van der Waals surface area (Å²) in [5, 5.41) is 4.32. The number of sulfonamides is 1. The summed E-state index contributed by atoms with van der Waals surface area (Å²) in [5.74, 6) is -0.205. The van der Waals surface area contributed by atoms with Crippen molar-refractivity contribution in [3.8, 4) is 21.7 Å². The molecule has 0 radical (unpaired) electrons. The second-order valence-corrected chi connectivity index (χ2v) is 14.2. The van der Waals surface area contributed by atoms with Gasteiger partial charge in [0.1, 0.15) is 9.90 Å². The fourth-order valence-corrected chi connectivity index (χ4v) is 7.93.